The van der Waals surface area contributed by atoms with Crippen molar-refractivity contribution in [2.45, 2.75) is 6.54 Å². The lowest BCUT2D eigenvalue weighted by molar-refractivity contribution is 0.614. The van der Waals surface area contributed by atoms with Crippen LogP contribution in [0.2, 0.25) is 0 Å². The molecule has 0 saturated heterocycles. The summed E-state index contributed by atoms with van der Waals surface area (Å²) in [5.74, 6) is 0. The summed E-state index contributed by atoms with van der Waals surface area (Å²) in [6.07, 6.45) is 3.56. The predicted octanol–water partition coefficient (Wildman–Crippen LogP) is 3.60. The normalized spacial score (nSPS) is 10.7. The Hall–Kier alpha value is -1.88. The van der Waals surface area contributed by atoms with Gasteiger partial charge in [0.15, 0.2) is 5.58 Å². The van der Waals surface area contributed by atoms with Gasteiger partial charge >= 0.3 is 0 Å². The lowest BCUT2D eigenvalue weighted by Gasteiger charge is -2.00. The van der Waals surface area contributed by atoms with Crippen LogP contribution in [0.25, 0.3) is 11.1 Å². The number of anilines is 1. The minimum Gasteiger partial charge on any atom is -0.424 e. The van der Waals surface area contributed by atoms with Crippen LogP contribution in [0.4, 0.5) is 6.01 Å². The van der Waals surface area contributed by atoms with Crippen LogP contribution in [0.15, 0.2) is 51.6 Å². The zero-order valence-electron chi connectivity index (χ0n) is 9.43. The van der Waals surface area contributed by atoms with Gasteiger partial charge in [-0.1, -0.05) is 22.0 Å². The fourth-order valence-electron chi connectivity index (χ4n) is 1.65. The third kappa shape index (κ3) is 2.36. The number of nitrogens with one attached hydrogen (secondary N) is 1. The average Bonchev–Trinajstić information content (AvgIpc) is 2.79. The SMILES string of the molecule is Brc1ccc2nc(NCc3cccnc3)oc2c1. The van der Waals surface area contributed by atoms with E-state index >= 15 is 0 Å². The molecular weight excluding hydrogens is 294 g/mol. The Morgan fingerprint density at radius 3 is 3.06 bits per heavy atom. The minimum atomic E-state index is 0.520. The zero-order valence-corrected chi connectivity index (χ0v) is 11.0. The Labute approximate surface area is 112 Å². The number of benzene rings is 1. The van der Waals surface area contributed by atoms with Crippen molar-refractivity contribution in [3.63, 3.8) is 0 Å². The summed E-state index contributed by atoms with van der Waals surface area (Å²) >= 11 is 3.40. The first-order chi connectivity index (χ1) is 8.81. The molecule has 0 atom stereocenters. The number of oxazole rings is 1. The third-order valence-corrected chi connectivity index (χ3v) is 3.01. The lowest BCUT2D eigenvalue weighted by atomic mass is 10.3. The molecule has 18 heavy (non-hydrogen) atoms. The van der Waals surface area contributed by atoms with Crippen LogP contribution < -0.4 is 5.32 Å². The van der Waals surface area contributed by atoms with Crippen molar-refractivity contribution in [1.82, 2.24) is 9.97 Å². The number of aromatic nitrogens is 2. The molecule has 0 unspecified atom stereocenters. The minimum absolute atomic E-state index is 0.520. The van der Waals surface area contributed by atoms with Crippen molar-refractivity contribution >= 4 is 33.0 Å². The Balaban J connectivity index is 1.79. The van der Waals surface area contributed by atoms with Crippen LogP contribution in [0.5, 0.6) is 0 Å². The topological polar surface area (TPSA) is 51.0 Å². The molecule has 0 spiro atoms. The summed E-state index contributed by atoms with van der Waals surface area (Å²) in [6.45, 7) is 0.641. The molecule has 4 nitrogen and oxygen atoms in total. The molecule has 3 rings (SSSR count). The number of fused-ring (bicyclic) bond motifs is 1. The van der Waals surface area contributed by atoms with Gasteiger partial charge < -0.3 is 9.73 Å². The first-order valence-corrected chi connectivity index (χ1v) is 6.29. The number of halogens is 1. The molecule has 2 aromatic heterocycles. The summed E-state index contributed by atoms with van der Waals surface area (Å²) in [6, 6.07) is 10.2. The molecule has 2 heterocycles. The molecular formula is C13H10BrN3O. The van der Waals surface area contributed by atoms with Crippen LogP contribution in [0.1, 0.15) is 5.56 Å². The van der Waals surface area contributed by atoms with E-state index in [0.29, 0.717) is 12.6 Å². The van der Waals surface area contributed by atoms with Gasteiger partial charge in [0.25, 0.3) is 6.01 Å². The van der Waals surface area contributed by atoms with E-state index < -0.39 is 0 Å². The Bertz CT molecular complexity index is 666. The number of hydrogen-bond donors (Lipinski definition) is 1. The van der Waals surface area contributed by atoms with E-state index in [9.17, 15) is 0 Å². The van der Waals surface area contributed by atoms with Crippen molar-refractivity contribution in [2.24, 2.45) is 0 Å². The highest BCUT2D eigenvalue weighted by atomic mass is 79.9. The second-order valence-corrected chi connectivity index (χ2v) is 4.76. The summed E-state index contributed by atoms with van der Waals surface area (Å²) in [4.78, 5) is 8.40. The van der Waals surface area contributed by atoms with E-state index in [0.717, 1.165) is 21.1 Å². The van der Waals surface area contributed by atoms with E-state index in [1.807, 2.05) is 36.5 Å². The fraction of sp³-hybridized carbons (Fsp3) is 0.0769. The van der Waals surface area contributed by atoms with Crippen LogP contribution in [0.3, 0.4) is 0 Å². The second-order valence-electron chi connectivity index (χ2n) is 3.85. The first kappa shape index (κ1) is 11.2. The van der Waals surface area contributed by atoms with Crippen molar-refractivity contribution in [3.8, 4) is 0 Å². The van der Waals surface area contributed by atoms with Gasteiger partial charge in [-0.2, -0.15) is 4.98 Å². The van der Waals surface area contributed by atoms with Crippen molar-refractivity contribution in [3.05, 3.63) is 52.8 Å². The third-order valence-electron chi connectivity index (χ3n) is 2.52. The van der Waals surface area contributed by atoms with Crippen LogP contribution in [-0.2, 0) is 6.54 Å². The van der Waals surface area contributed by atoms with E-state index in [1.54, 1.807) is 6.20 Å². The van der Waals surface area contributed by atoms with Gasteiger partial charge in [-0.15, -0.1) is 0 Å². The van der Waals surface area contributed by atoms with Crippen LogP contribution >= 0.6 is 15.9 Å². The maximum atomic E-state index is 5.60. The van der Waals surface area contributed by atoms with Gasteiger partial charge in [0.05, 0.1) is 0 Å². The molecule has 0 fully saturated rings. The molecule has 0 amide bonds. The molecule has 0 aliphatic heterocycles. The molecule has 0 bridgehead atoms. The highest BCUT2D eigenvalue weighted by molar-refractivity contribution is 9.10. The largest absolute Gasteiger partial charge is 0.424 e. The quantitative estimate of drug-likeness (QED) is 0.803. The monoisotopic (exact) mass is 303 g/mol. The molecule has 0 saturated carbocycles. The van der Waals surface area contributed by atoms with Crippen LogP contribution in [-0.4, -0.2) is 9.97 Å². The molecule has 3 aromatic rings. The van der Waals surface area contributed by atoms with Gasteiger partial charge in [0.1, 0.15) is 5.52 Å². The fourth-order valence-corrected chi connectivity index (χ4v) is 1.99. The van der Waals surface area contributed by atoms with Gasteiger partial charge in [-0.3, -0.25) is 4.98 Å². The molecule has 90 valence electrons. The molecule has 0 aliphatic carbocycles. The van der Waals surface area contributed by atoms with Gasteiger partial charge in [-0.25, -0.2) is 0 Å². The maximum absolute atomic E-state index is 5.60. The predicted molar refractivity (Wildman–Crippen MR) is 73.3 cm³/mol. The Kier molecular flexibility index (Phi) is 2.98. The Morgan fingerprint density at radius 2 is 2.22 bits per heavy atom. The van der Waals surface area contributed by atoms with E-state index in [1.165, 1.54) is 0 Å². The van der Waals surface area contributed by atoms with Crippen molar-refractivity contribution < 1.29 is 4.42 Å². The molecule has 0 radical (unpaired) electrons. The van der Waals surface area contributed by atoms with Gasteiger partial charge in [0, 0.05) is 23.4 Å². The Morgan fingerprint density at radius 1 is 1.28 bits per heavy atom. The molecule has 1 aromatic carbocycles. The summed E-state index contributed by atoms with van der Waals surface area (Å²) in [7, 11) is 0. The standard InChI is InChI=1S/C13H10BrN3O/c14-10-3-4-11-12(6-10)18-13(17-11)16-8-9-2-1-5-15-7-9/h1-7H,8H2,(H,16,17). The number of rotatable bonds is 3. The van der Waals surface area contributed by atoms with Crippen molar-refractivity contribution in [2.75, 3.05) is 5.32 Å². The van der Waals surface area contributed by atoms with Crippen LogP contribution in [0, 0.1) is 0 Å². The molecule has 1 N–H and O–H groups in total. The maximum Gasteiger partial charge on any atom is 0.295 e. The molecule has 0 aliphatic rings. The van der Waals surface area contributed by atoms with E-state index in [2.05, 4.69) is 31.2 Å². The average molecular weight is 304 g/mol. The van der Waals surface area contributed by atoms with Gasteiger partial charge in [-0.05, 0) is 29.8 Å². The first-order valence-electron chi connectivity index (χ1n) is 5.50. The second kappa shape index (κ2) is 4.78. The number of nitrogens with zero attached hydrogens (tertiary/aromatic N) is 2. The zero-order chi connectivity index (χ0) is 12.4. The van der Waals surface area contributed by atoms with Gasteiger partial charge in [0.2, 0.25) is 0 Å². The molecule has 5 heteroatoms. The van der Waals surface area contributed by atoms with E-state index in [-0.39, 0.29) is 0 Å². The smallest absolute Gasteiger partial charge is 0.295 e. The highest BCUT2D eigenvalue weighted by Gasteiger charge is 2.05. The van der Waals surface area contributed by atoms with E-state index in [4.69, 9.17) is 4.42 Å². The number of hydrogen-bond acceptors (Lipinski definition) is 4. The number of pyridine rings is 1. The van der Waals surface area contributed by atoms with Crippen molar-refractivity contribution in [1.29, 1.82) is 0 Å². The summed E-state index contributed by atoms with van der Waals surface area (Å²) in [5.41, 5.74) is 2.69. The summed E-state index contributed by atoms with van der Waals surface area (Å²) < 4.78 is 6.57. The highest BCUT2D eigenvalue weighted by Crippen LogP contribution is 2.22. The summed E-state index contributed by atoms with van der Waals surface area (Å²) in [5, 5.41) is 3.14. The lowest BCUT2D eigenvalue weighted by Crippen LogP contribution is -1.99.